The third kappa shape index (κ3) is 3.91. The van der Waals surface area contributed by atoms with E-state index in [9.17, 15) is 8.78 Å². The van der Waals surface area contributed by atoms with Crippen LogP contribution in [0.4, 0.5) is 8.78 Å². The molecular weight excluding hydrogens is 254 g/mol. The molecule has 20 heavy (non-hydrogen) atoms. The minimum atomic E-state index is -0.198. The van der Waals surface area contributed by atoms with E-state index >= 15 is 0 Å². The molecule has 110 valence electrons. The zero-order valence-corrected chi connectivity index (χ0v) is 12.2. The van der Waals surface area contributed by atoms with Gasteiger partial charge in [-0.15, -0.1) is 0 Å². The number of allylic oxidation sites excluding steroid dienone is 1. The molecule has 0 spiro atoms. The number of halogens is 2. The fraction of sp³-hybridized carbons (Fsp3) is 0.556. The summed E-state index contributed by atoms with van der Waals surface area (Å²) < 4.78 is 25.9. The molecule has 1 aliphatic carbocycles. The van der Waals surface area contributed by atoms with Gasteiger partial charge in [-0.1, -0.05) is 38.0 Å². The van der Waals surface area contributed by atoms with Crippen molar-refractivity contribution in [3.05, 3.63) is 47.5 Å². The van der Waals surface area contributed by atoms with Gasteiger partial charge in [-0.3, -0.25) is 0 Å². The number of hydrogen-bond acceptors (Lipinski definition) is 0. The lowest BCUT2D eigenvalue weighted by atomic mass is 9.77. The highest BCUT2D eigenvalue weighted by molar-refractivity contribution is 5.28. The van der Waals surface area contributed by atoms with Gasteiger partial charge in [-0.25, -0.2) is 8.78 Å². The lowest BCUT2D eigenvalue weighted by molar-refractivity contribution is 0.308. The van der Waals surface area contributed by atoms with Gasteiger partial charge in [-0.2, -0.15) is 0 Å². The van der Waals surface area contributed by atoms with Crippen LogP contribution in [0.5, 0.6) is 0 Å². The number of rotatable bonds is 5. The predicted molar refractivity (Wildman–Crippen MR) is 80.0 cm³/mol. The molecule has 0 amide bonds. The summed E-state index contributed by atoms with van der Waals surface area (Å²) in [5.41, 5.74) is 1.69. The average Bonchev–Trinajstić information content (AvgIpc) is 2.47. The van der Waals surface area contributed by atoms with Gasteiger partial charge in [0.05, 0.1) is 6.33 Å². The van der Waals surface area contributed by atoms with E-state index in [0.29, 0.717) is 24.2 Å². The molecule has 2 rings (SSSR count). The third-order valence-electron chi connectivity index (χ3n) is 4.52. The molecule has 1 saturated carbocycles. The smallest absolute Gasteiger partial charge is 0.126 e. The highest BCUT2D eigenvalue weighted by Gasteiger charge is 2.22. The van der Waals surface area contributed by atoms with Gasteiger partial charge >= 0.3 is 0 Å². The van der Waals surface area contributed by atoms with E-state index in [-0.39, 0.29) is 5.82 Å². The molecule has 0 aromatic heterocycles. The normalized spacial score (nSPS) is 23.4. The lowest BCUT2D eigenvalue weighted by Gasteiger charge is -2.28. The maximum Gasteiger partial charge on any atom is 0.126 e. The average molecular weight is 278 g/mol. The van der Waals surface area contributed by atoms with Crippen molar-refractivity contribution in [2.24, 2.45) is 5.92 Å². The summed E-state index contributed by atoms with van der Waals surface area (Å²) >= 11 is 0. The van der Waals surface area contributed by atoms with Crippen LogP contribution in [0, 0.1) is 11.7 Å². The molecule has 2 heteroatoms. The fourth-order valence-corrected chi connectivity index (χ4v) is 3.35. The molecule has 1 fully saturated rings. The SMILES string of the molecule is CCCC1CCC(c2ccc(C/C=C/F)c(F)c2)CC1. The van der Waals surface area contributed by atoms with Gasteiger partial charge in [0.2, 0.25) is 0 Å². The minimum Gasteiger partial charge on any atom is -0.216 e. The molecule has 0 atom stereocenters. The Bertz CT molecular complexity index is 443. The predicted octanol–water partition coefficient (Wildman–Crippen LogP) is 5.93. The van der Waals surface area contributed by atoms with Crippen molar-refractivity contribution in [3.8, 4) is 0 Å². The zero-order chi connectivity index (χ0) is 14.4. The molecule has 1 aliphatic rings. The highest BCUT2D eigenvalue weighted by atomic mass is 19.1. The van der Waals surface area contributed by atoms with E-state index in [0.717, 1.165) is 11.5 Å². The van der Waals surface area contributed by atoms with Crippen molar-refractivity contribution < 1.29 is 8.78 Å². The molecule has 1 aromatic rings. The van der Waals surface area contributed by atoms with Crippen molar-refractivity contribution in [3.63, 3.8) is 0 Å². The van der Waals surface area contributed by atoms with Crippen molar-refractivity contribution in [2.75, 3.05) is 0 Å². The summed E-state index contributed by atoms with van der Waals surface area (Å²) in [7, 11) is 0. The maximum absolute atomic E-state index is 14.0. The van der Waals surface area contributed by atoms with Crippen LogP contribution >= 0.6 is 0 Å². The first-order valence-electron chi connectivity index (χ1n) is 7.78. The molecule has 0 aliphatic heterocycles. The summed E-state index contributed by atoms with van der Waals surface area (Å²) in [4.78, 5) is 0. The zero-order valence-electron chi connectivity index (χ0n) is 12.2. The summed E-state index contributed by atoms with van der Waals surface area (Å²) in [5.74, 6) is 1.18. The first-order chi connectivity index (χ1) is 9.74. The Morgan fingerprint density at radius 3 is 2.55 bits per heavy atom. The van der Waals surface area contributed by atoms with Crippen LogP contribution in [-0.2, 0) is 6.42 Å². The first kappa shape index (κ1) is 15.2. The second-order valence-corrected chi connectivity index (χ2v) is 5.92. The Labute approximate surface area is 120 Å². The van der Waals surface area contributed by atoms with E-state index in [1.807, 2.05) is 12.1 Å². The summed E-state index contributed by atoms with van der Waals surface area (Å²) in [5, 5.41) is 0. The van der Waals surface area contributed by atoms with Crippen molar-refractivity contribution >= 4 is 0 Å². The van der Waals surface area contributed by atoms with Crippen LogP contribution in [-0.4, -0.2) is 0 Å². The molecule has 0 nitrogen and oxygen atoms in total. The van der Waals surface area contributed by atoms with Crippen LogP contribution < -0.4 is 0 Å². The lowest BCUT2D eigenvalue weighted by Crippen LogP contribution is -2.13. The van der Waals surface area contributed by atoms with Crippen molar-refractivity contribution in [1.29, 1.82) is 0 Å². The molecule has 0 N–H and O–H groups in total. The number of hydrogen-bond donors (Lipinski definition) is 0. The van der Waals surface area contributed by atoms with Crippen LogP contribution in [0.2, 0.25) is 0 Å². The number of benzene rings is 1. The molecule has 0 saturated heterocycles. The van der Waals surface area contributed by atoms with Crippen molar-refractivity contribution in [2.45, 2.75) is 57.8 Å². The van der Waals surface area contributed by atoms with Gasteiger partial charge < -0.3 is 0 Å². The largest absolute Gasteiger partial charge is 0.216 e. The van der Waals surface area contributed by atoms with E-state index < -0.39 is 0 Å². The standard InChI is InChI=1S/C18H24F2/c1-2-4-14-6-8-15(9-7-14)17-11-10-16(5-3-12-19)18(20)13-17/h3,10-15H,2,4-9H2,1H3/b12-3+. The second-order valence-electron chi connectivity index (χ2n) is 5.92. The molecule has 0 unspecified atom stereocenters. The molecule has 0 radical (unpaired) electrons. The Morgan fingerprint density at radius 1 is 1.20 bits per heavy atom. The van der Waals surface area contributed by atoms with Gasteiger partial charge in [0.1, 0.15) is 5.82 Å². The van der Waals surface area contributed by atoms with Crippen molar-refractivity contribution in [1.82, 2.24) is 0 Å². The monoisotopic (exact) mass is 278 g/mol. The van der Waals surface area contributed by atoms with Crippen LogP contribution in [0.15, 0.2) is 30.6 Å². The van der Waals surface area contributed by atoms with Crippen LogP contribution in [0.1, 0.15) is 62.5 Å². The van der Waals surface area contributed by atoms with E-state index in [2.05, 4.69) is 6.92 Å². The second kappa shape index (κ2) is 7.56. The van der Waals surface area contributed by atoms with E-state index in [1.165, 1.54) is 44.6 Å². The molecular formula is C18H24F2. The van der Waals surface area contributed by atoms with Gasteiger partial charge in [0.25, 0.3) is 0 Å². The van der Waals surface area contributed by atoms with Crippen LogP contribution in [0.3, 0.4) is 0 Å². The minimum absolute atomic E-state index is 0.198. The maximum atomic E-state index is 14.0. The van der Waals surface area contributed by atoms with E-state index in [4.69, 9.17) is 0 Å². The van der Waals surface area contributed by atoms with Crippen LogP contribution in [0.25, 0.3) is 0 Å². The highest BCUT2D eigenvalue weighted by Crippen LogP contribution is 2.37. The van der Waals surface area contributed by atoms with Gasteiger partial charge in [0, 0.05) is 0 Å². The molecule has 0 bridgehead atoms. The van der Waals surface area contributed by atoms with Gasteiger partial charge in [0.15, 0.2) is 0 Å². The molecule has 0 heterocycles. The third-order valence-corrected chi connectivity index (χ3v) is 4.52. The Hall–Kier alpha value is -1.18. The Kier molecular flexibility index (Phi) is 5.75. The topological polar surface area (TPSA) is 0 Å². The van der Waals surface area contributed by atoms with Gasteiger partial charge in [-0.05, 0) is 61.1 Å². The Balaban J connectivity index is 1.98. The fourth-order valence-electron chi connectivity index (χ4n) is 3.35. The summed E-state index contributed by atoms with van der Waals surface area (Å²) in [6.07, 6.45) is 9.62. The summed E-state index contributed by atoms with van der Waals surface area (Å²) in [6.45, 7) is 2.24. The Morgan fingerprint density at radius 2 is 1.95 bits per heavy atom. The summed E-state index contributed by atoms with van der Waals surface area (Å²) in [6, 6.07) is 5.49. The molecule has 1 aromatic carbocycles. The quantitative estimate of drug-likeness (QED) is 0.626. The first-order valence-corrected chi connectivity index (χ1v) is 7.78. The van der Waals surface area contributed by atoms with E-state index in [1.54, 1.807) is 6.07 Å².